The number of nitrogens with one attached hydrogen (secondary N) is 1. The third kappa shape index (κ3) is 9.72. The maximum absolute atomic E-state index is 13.9. The molecule has 2 fully saturated rings. The molecule has 1 aromatic heterocycles. The second-order valence-electron chi connectivity index (χ2n) is 12.2. The zero-order chi connectivity index (χ0) is 35.6. The van der Waals surface area contributed by atoms with Crippen molar-refractivity contribution in [2.45, 2.75) is 31.4 Å². The molecular formula is C38H40N6O6S. The van der Waals surface area contributed by atoms with E-state index in [4.69, 9.17) is 14.5 Å². The molecule has 0 saturated carbocycles. The Hall–Kier alpha value is -5.24. The fourth-order valence-electron chi connectivity index (χ4n) is 5.67. The summed E-state index contributed by atoms with van der Waals surface area (Å²) < 4.78 is 10.9. The van der Waals surface area contributed by atoms with Crippen LogP contribution in [0, 0.1) is 0 Å². The fraction of sp³-hybridized carbons (Fsp3) is 0.289. The first-order valence-corrected chi connectivity index (χ1v) is 17.6. The molecule has 3 aromatic carbocycles. The van der Waals surface area contributed by atoms with Crippen LogP contribution < -0.4 is 10.2 Å². The van der Waals surface area contributed by atoms with Crippen LogP contribution in [0.2, 0.25) is 0 Å². The summed E-state index contributed by atoms with van der Waals surface area (Å²) in [7, 11) is 0. The van der Waals surface area contributed by atoms with Crippen molar-refractivity contribution in [3.63, 3.8) is 0 Å². The van der Waals surface area contributed by atoms with Crippen molar-refractivity contribution in [1.82, 2.24) is 14.8 Å². The van der Waals surface area contributed by atoms with Gasteiger partial charge in [0.1, 0.15) is 18.4 Å². The molecule has 2 aliphatic heterocycles. The summed E-state index contributed by atoms with van der Waals surface area (Å²) in [6.45, 7) is 4.56. The number of nitrogens with zero attached hydrogens (tertiary/aromatic N) is 5. The lowest BCUT2D eigenvalue weighted by Crippen LogP contribution is -2.42. The molecule has 13 heteroatoms. The van der Waals surface area contributed by atoms with Gasteiger partial charge >= 0.3 is 6.09 Å². The molecule has 3 heterocycles. The molecule has 0 spiro atoms. The number of aliphatic hydroxyl groups is 1. The number of benzene rings is 3. The maximum Gasteiger partial charge on any atom is 0.410 e. The highest BCUT2D eigenvalue weighted by molar-refractivity contribution is 8.15. The van der Waals surface area contributed by atoms with Crippen molar-refractivity contribution in [3.05, 3.63) is 120 Å². The van der Waals surface area contributed by atoms with Gasteiger partial charge < -0.3 is 24.8 Å². The molecule has 2 N–H and O–H groups in total. The minimum Gasteiger partial charge on any atom is -0.445 e. The number of anilines is 2. The Kier molecular flexibility index (Phi) is 11.9. The van der Waals surface area contributed by atoms with Crippen LogP contribution in [0.3, 0.4) is 0 Å². The zero-order valence-electron chi connectivity index (χ0n) is 28.3. The Labute approximate surface area is 301 Å². The van der Waals surface area contributed by atoms with Gasteiger partial charge in [-0.15, -0.1) is 0 Å². The number of hydrogen-bond donors (Lipinski definition) is 2. The van der Waals surface area contributed by atoms with Gasteiger partial charge in [0.15, 0.2) is 5.17 Å². The molecule has 0 radical (unpaired) electrons. The molecule has 3 amide bonds. The number of aromatic nitrogens is 1. The lowest BCUT2D eigenvalue weighted by Gasteiger charge is -2.28. The van der Waals surface area contributed by atoms with Crippen molar-refractivity contribution >= 4 is 51.9 Å². The number of morpholine rings is 1. The highest BCUT2D eigenvalue weighted by Crippen LogP contribution is 2.41. The van der Waals surface area contributed by atoms with Crippen molar-refractivity contribution in [1.29, 1.82) is 0 Å². The van der Waals surface area contributed by atoms with E-state index < -0.39 is 23.4 Å². The Bertz CT molecular complexity index is 1800. The number of ether oxygens (including phenoxy) is 2. The molecule has 2 unspecified atom stereocenters. The number of amides is 3. The van der Waals surface area contributed by atoms with Crippen LogP contribution in [0.5, 0.6) is 0 Å². The number of thioether (sulfide) groups is 1. The van der Waals surface area contributed by atoms with E-state index in [1.807, 2.05) is 72.8 Å². The number of aliphatic hydroxyl groups excluding tert-OH is 1. The SMILES string of the molecule is CC(O)CN(CC(=O)Nc1ccc(C2SC(=Nc3ccc(N4CCOCC4)cc3)N(Cc3ccccn3)C2=O)cc1)C(=O)OCc1ccccc1. The minimum atomic E-state index is -0.858. The highest BCUT2D eigenvalue weighted by Gasteiger charge is 2.39. The molecule has 264 valence electrons. The summed E-state index contributed by atoms with van der Waals surface area (Å²) in [6, 6.07) is 29.8. The second kappa shape index (κ2) is 17.1. The lowest BCUT2D eigenvalue weighted by molar-refractivity contribution is -0.126. The zero-order valence-corrected chi connectivity index (χ0v) is 29.1. The molecule has 2 atom stereocenters. The molecule has 0 bridgehead atoms. The van der Waals surface area contributed by atoms with Crippen LogP contribution in [-0.4, -0.2) is 88.5 Å². The van der Waals surface area contributed by atoms with Crippen molar-refractivity contribution in [2.75, 3.05) is 49.6 Å². The van der Waals surface area contributed by atoms with Crippen LogP contribution in [0.1, 0.15) is 29.0 Å². The molecule has 12 nitrogen and oxygen atoms in total. The largest absolute Gasteiger partial charge is 0.445 e. The van der Waals surface area contributed by atoms with E-state index in [0.29, 0.717) is 24.1 Å². The molecule has 6 rings (SSSR count). The molecule has 2 aliphatic rings. The normalized spacial score (nSPS) is 17.3. The van der Waals surface area contributed by atoms with E-state index in [9.17, 15) is 19.5 Å². The highest BCUT2D eigenvalue weighted by atomic mass is 32.2. The van der Waals surface area contributed by atoms with Crippen LogP contribution in [-0.2, 0) is 32.2 Å². The van der Waals surface area contributed by atoms with Crippen LogP contribution >= 0.6 is 11.8 Å². The third-order valence-electron chi connectivity index (χ3n) is 8.22. The van der Waals surface area contributed by atoms with Gasteiger partial charge in [-0.2, -0.15) is 0 Å². The predicted octanol–water partition coefficient (Wildman–Crippen LogP) is 5.38. The van der Waals surface area contributed by atoms with Crippen LogP contribution in [0.25, 0.3) is 0 Å². The molecule has 2 saturated heterocycles. The molecular weight excluding hydrogens is 669 g/mol. The van der Waals surface area contributed by atoms with E-state index in [2.05, 4.69) is 15.2 Å². The first kappa shape index (κ1) is 35.6. The first-order chi connectivity index (χ1) is 24.8. The number of carbonyl (C=O) groups is 3. The summed E-state index contributed by atoms with van der Waals surface area (Å²) >= 11 is 1.37. The Balaban J connectivity index is 1.12. The van der Waals surface area contributed by atoms with E-state index in [-0.39, 0.29) is 32.1 Å². The summed E-state index contributed by atoms with van der Waals surface area (Å²) in [6.07, 6.45) is 0.136. The summed E-state index contributed by atoms with van der Waals surface area (Å²) in [4.78, 5) is 54.1. The van der Waals surface area contributed by atoms with Gasteiger partial charge in [-0.1, -0.05) is 60.3 Å². The Morgan fingerprint density at radius 2 is 1.75 bits per heavy atom. The van der Waals surface area contributed by atoms with Crippen molar-refractivity contribution < 1.29 is 29.0 Å². The number of carbonyl (C=O) groups excluding carboxylic acids is 3. The molecule has 0 aliphatic carbocycles. The van der Waals surface area contributed by atoms with E-state index in [1.165, 1.54) is 23.6 Å². The summed E-state index contributed by atoms with van der Waals surface area (Å²) in [5, 5.41) is 12.8. The van der Waals surface area contributed by atoms with E-state index >= 15 is 0 Å². The van der Waals surface area contributed by atoms with Crippen molar-refractivity contribution in [3.8, 4) is 0 Å². The number of pyridine rings is 1. The molecule has 51 heavy (non-hydrogen) atoms. The fourth-order valence-corrected chi connectivity index (χ4v) is 6.84. The minimum absolute atomic E-state index is 0.0455. The number of aliphatic imine (C=N–C) groups is 1. The van der Waals surface area contributed by atoms with Gasteiger partial charge in [0.25, 0.3) is 0 Å². The van der Waals surface area contributed by atoms with Gasteiger partial charge in [0.05, 0.1) is 43.8 Å². The lowest BCUT2D eigenvalue weighted by atomic mass is 10.1. The Morgan fingerprint density at radius 1 is 1.02 bits per heavy atom. The monoisotopic (exact) mass is 708 g/mol. The average Bonchev–Trinajstić information content (AvgIpc) is 3.45. The summed E-state index contributed by atoms with van der Waals surface area (Å²) in [5.41, 5.74) is 4.64. The van der Waals surface area contributed by atoms with Crippen LogP contribution in [0.15, 0.2) is 108 Å². The van der Waals surface area contributed by atoms with Crippen molar-refractivity contribution in [2.24, 2.45) is 4.99 Å². The van der Waals surface area contributed by atoms with E-state index in [0.717, 1.165) is 41.3 Å². The van der Waals surface area contributed by atoms with Crippen LogP contribution in [0.4, 0.5) is 21.9 Å². The predicted molar refractivity (Wildman–Crippen MR) is 197 cm³/mol. The first-order valence-electron chi connectivity index (χ1n) is 16.8. The standard InChI is InChI=1S/C38H40N6O6S/c1-27(45)23-43(38(48)50-26-28-7-3-2-4-8-28)25-34(46)40-30-12-10-29(11-13-30)35-36(47)44(24-32-9-5-6-18-39-32)37(51-35)41-31-14-16-33(17-15-31)42-19-21-49-22-20-42/h2-18,27,35,45H,19-26H2,1H3,(H,40,46). The number of hydrogen-bond acceptors (Lipinski definition) is 10. The molecule has 4 aromatic rings. The topological polar surface area (TPSA) is 137 Å². The van der Waals surface area contributed by atoms with E-state index in [1.54, 1.807) is 35.4 Å². The smallest absolute Gasteiger partial charge is 0.410 e. The third-order valence-corrected chi connectivity index (χ3v) is 9.45. The average molecular weight is 709 g/mol. The van der Waals surface area contributed by atoms with Gasteiger partial charge in [-0.3, -0.25) is 24.4 Å². The number of amidine groups is 1. The van der Waals surface area contributed by atoms with Gasteiger partial charge in [0.2, 0.25) is 11.8 Å². The quantitative estimate of drug-likeness (QED) is 0.199. The van der Waals surface area contributed by atoms with Gasteiger partial charge in [0, 0.05) is 30.7 Å². The van der Waals surface area contributed by atoms with Gasteiger partial charge in [-0.05, 0) is 66.6 Å². The maximum atomic E-state index is 13.9. The Morgan fingerprint density at radius 3 is 2.43 bits per heavy atom. The van der Waals surface area contributed by atoms with Gasteiger partial charge in [-0.25, -0.2) is 9.79 Å². The second-order valence-corrected chi connectivity index (χ2v) is 13.3. The number of rotatable bonds is 12. The summed E-state index contributed by atoms with van der Waals surface area (Å²) in [5.74, 6) is -0.573.